The summed E-state index contributed by atoms with van der Waals surface area (Å²) in [5.41, 5.74) is 2.10. The van der Waals surface area contributed by atoms with Crippen LogP contribution in [-0.2, 0) is 16.6 Å². The van der Waals surface area contributed by atoms with E-state index in [0.29, 0.717) is 22.8 Å². The zero-order valence-corrected chi connectivity index (χ0v) is 17.4. The van der Waals surface area contributed by atoms with E-state index in [2.05, 4.69) is 15.5 Å². The van der Waals surface area contributed by atoms with Gasteiger partial charge in [0.15, 0.2) is 5.82 Å². The van der Waals surface area contributed by atoms with E-state index in [9.17, 15) is 8.42 Å². The molecule has 0 bridgehead atoms. The van der Waals surface area contributed by atoms with Crippen molar-refractivity contribution in [1.29, 1.82) is 0 Å². The van der Waals surface area contributed by atoms with E-state index in [1.807, 2.05) is 19.1 Å². The lowest BCUT2D eigenvalue weighted by Gasteiger charge is -2.25. The number of sulfonamides is 1. The average Bonchev–Trinajstić information content (AvgIpc) is 3.46. The number of aromatic nitrogens is 4. The molecule has 3 aromatic rings. The lowest BCUT2D eigenvalue weighted by molar-refractivity contribution is 0.415. The third-order valence-electron chi connectivity index (χ3n) is 5.01. The lowest BCUT2D eigenvalue weighted by atomic mass is 10.2. The fourth-order valence-corrected chi connectivity index (χ4v) is 4.95. The molecule has 0 radical (unpaired) electrons. The lowest BCUT2D eigenvalue weighted by Crippen LogP contribution is -2.32. The Morgan fingerprint density at radius 1 is 1.14 bits per heavy atom. The minimum atomic E-state index is -3.84. The van der Waals surface area contributed by atoms with Crippen LogP contribution in [0, 0.1) is 13.8 Å². The maximum Gasteiger partial charge on any atom is 0.265 e. The molecule has 9 heteroatoms. The SMILES string of the molecule is COc1ccc(N(Cc2nnnn2C2CC2)S(=O)(=O)c2cc(C)ccc2C)cc1. The molecule has 0 N–H and O–H groups in total. The molecule has 1 aliphatic rings. The van der Waals surface area contributed by atoms with Gasteiger partial charge in [0.2, 0.25) is 0 Å². The van der Waals surface area contributed by atoms with Crippen LogP contribution in [0.3, 0.4) is 0 Å². The number of tetrazole rings is 1. The summed E-state index contributed by atoms with van der Waals surface area (Å²) in [6.07, 6.45) is 2.01. The van der Waals surface area contributed by atoms with Crippen LogP contribution in [0.15, 0.2) is 47.4 Å². The number of ether oxygens (including phenoxy) is 1. The monoisotopic (exact) mass is 413 g/mol. The second-order valence-electron chi connectivity index (χ2n) is 7.25. The third kappa shape index (κ3) is 3.82. The Morgan fingerprint density at radius 2 is 1.86 bits per heavy atom. The minimum absolute atomic E-state index is 0.0472. The van der Waals surface area contributed by atoms with E-state index in [0.717, 1.165) is 18.4 Å². The number of nitrogens with zero attached hydrogens (tertiary/aromatic N) is 5. The third-order valence-corrected chi connectivity index (χ3v) is 6.93. The van der Waals surface area contributed by atoms with Gasteiger partial charge in [-0.1, -0.05) is 12.1 Å². The van der Waals surface area contributed by atoms with Crippen LogP contribution in [0.25, 0.3) is 0 Å². The summed E-state index contributed by atoms with van der Waals surface area (Å²) in [6.45, 7) is 3.72. The summed E-state index contributed by atoms with van der Waals surface area (Å²) < 4.78 is 35.7. The molecule has 0 unspecified atom stereocenters. The maximum absolute atomic E-state index is 13.7. The highest BCUT2D eigenvalue weighted by Gasteiger charge is 2.32. The first kappa shape index (κ1) is 19.4. The van der Waals surface area contributed by atoms with Gasteiger partial charge >= 0.3 is 0 Å². The molecule has 1 aromatic heterocycles. The predicted molar refractivity (Wildman–Crippen MR) is 108 cm³/mol. The van der Waals surface area contributed by atoms with E-state index in [-0.39, 0.29) is 17.5 Å². The van der Waals surface area contributed by atoms with Gasteiger partial charge in [-0.25, -0.2) is 13.1 Å². The molecule has 2 aromatic carbocycles. The Morgan fingerprint density at radius 3 is 2.52 bits per heavy atom. The van der Waals surface area contributed by atoms with Crippen LogP contribution in [0.1, 0.15) is 35.8 Å². The number of hydrogen-bond donors (Lipinski definition) is 0. The quantitative estimate of drug-likeness (QED) is 0.591. The standard InChI is InChI=1S/C20H23N5O3S/c1-14-4-5-15(2)19(12-14)29(26,27)24(16-8-10-18(28-3)11-9-16)13-20-21-22-23-25(20)17-6-7-17/h4-5,8-12,17H,6-7,13H2,1-3H3. The van der Waals surface area contributed by atoms with Crippen molar-refractivity contribution >= 4 is 15.7 Å². The van der Waals surface area contributed by atoms with Crippen molar-refractivity contribution in [3.8, 4) is 5.75 Å². The van der Waals surface area contributed by atoms with Crippen LogP contribution in [0.2, 0.25) is 0 Å². The first-order chi connectivity index (χ1) is 13.9. The number of methoxy groups -OCH3 is 1. The van der Waals surface area contributed by atoms with Gasteiger partial charge in [0, 0.05) is 0 Å². The highest BCUT2D eigenvalue weighted by molar-refractivity contribution is 7.92. The largest absolute Gasteiger partial charge is 0.497 e. The summed E-state index contributed by atoms with van der Waals surface area (Å²) in [5, 5.41) is 11.9. The predicted octanol–water partition coefficient (Wildman–Crippen LogP) is 3.03. The van der Waals surface area contributed by atoms with E-state index in [1.165, 1.54) is 4.31 Å². The van der Waals surface area contributed by atoms with Gasteiger partial charge in [-0.2, -0.15) is 0 Å². The Bertz CT molecular complexity index is 1120. The molecule has 0 amide bonds. The average molecular weight is 414 g/mol. The number of benzene rings is 2. The fourth-order valence-electron chi connectivity index (χ4n) is 3.22. The highest BCUT2D eigenvalue weighted by atomic mass is 32.2. The molecule has 0 saturated heterocycles. The summed E-state index contributed by atoms with van der Waals surface area (Å²) in [5.74, 6) is 1.18. The van der Waals surface area contributed by atoms with Crippen LogP contribution in [0.4, 0.5) is 5.69 Å². The molecule has 29 heavy (non-hydrogen) atoms. The Balaban J connectivity index is 1.80. The first-order valence-corrected chi connectivity index (χ1v) is 10.8. The highest BCUT2D eigenvalue weighted by Crippen LogP contribution is 2.35. The van der Waals surface area contributed by atoms with E-state index in [4.69, 9.17) is 4.74 Å². The van der Waals surface area contributed by atoms with Crippen molar-refractivity contribution in [2.45, 2.75) is 44.2 Å². The van der Waals surface area contributed by atoms with Gasteiger partial charge < -0.3 is 4.74 Å². The van der Waals surface area contributed by atoms with Crippen LogP contribution in [-0.4, -0.2) is 35.7 Å². The molecule has 1 saturated carbocycles. The van der Waals surface area contributed by atoms with Crippen molar-refractivity contribution in [2.24, 2.45) is 0 Å². The summed E-state index contributed by atoms with van der Waals surface area (Å²) in [7, 11) is -2.27. The van der Waals surface area contributed by atoms with E-state index < -0.39 is 10.0 Å². The first-order valence-electron chi connectivity index (χ1n) is 9.41. The van der Waals surface area contributed by atoms with E-state index >= 15 is 0 Å². The van der Waals surface area contributed by atoms with Gasteiger partial charge in [0.25, 0.3) is 10.0 Å². The molecule has 1 aliphatic carbocycles. The topological polar surface area (TPSA) is 90.2 Å². The molecule has 152 valence electrons. The molecule has 8 nitrogen and oxygen atoms in total. The Hall–Kier alpha value is -2.94. The molecule has 4 rings (SSSR count). The Kier molecular flexibility index (Phi) is 4.99. The van der Waals surface area contributed by atoms with Gasteiger partial charge in [-0.3, -0.25) is 4.31 Å². The van der Waals surface area contributed by atoms with Crippen molar-refractivity contribution in [3.05, 3.63) is 59.4 Å². The normalized spacial score (nSPS) is 14.0. The van der Waals surface area contributed by atoms with Crippen LogP contribution >= 0.6 is 0 Å². The molecule has 1 heterocycles. The van der Waals surface area contributed by atoms with Gasteiger partial charge in [-0.15, -0.1) is 5.10 Å². The number of hydrogen-bond acceptors (Lipinski definition) is 6. The molecule has 1 fully saturated rings. The molecule has 0 atom stereocenters. The molecular formula is C20H23N5O3S. The number of anilines is 1. The van der Waals surface area contributed by atoms with Crippen molar-refractivity contribution < 1.29 is 13.2 Å². The van der Waals surface area contributed by atoms with E-state index in [1.54, 1.807) is 49.0 Å². The summed E-state index contributed by atoms with van der Waals surface area (Å²) in [4.78, 5) is 0.277. The zero-order valence-electron chi connectivity index (χ0n) is 16.6. The van der Waals surface area contributed by atoms with Crippen LogP contribution < -0.4 is 9.04 Å². The van der Waals surface area contributed by atoms with Crippen molar-refractivity contribution in [1.82, 2.24) is 20.2 Å². The number of aryl methyl sites for hydroxylation is 2. The molecular weight excluding hydrogens is 390 g/mol. The number of rotatable bonds is 7. The maximum atomic E-state index is 13.7. The van der Waals surface area contributed by atoms with Gasteiger partial charge in [0.1, 0.15) is 5.75 Å². The Labute approximate surface area is 170 Å². The molecule has 0 spiro atoms. The van der Waals surface area contributed by atoms with Gasteiger partial charge in [-0.05, 0) is 78.6 Å². The summed E-state index contributed by atoms with van der Waals surface area (Å²) >= 11 is 0. The van der Waals surface area contributed by atoms with Gasteiger partial charge in [0.05, 0.1) is 30.3 Å². The molecule has 0 aliphatic heterocycles. The second kappa shape index (κ2) is 7.47. The van der Waals surface area contributed by atoms with Crippen molar-refractivity contribution in [2.75, 3.05) is 11.4 Å². The fraction of sp³-hybridized carbons (Fsp3) is 0.350. The van der Waals surface area contributed by atoms with Crippen LogP contribution in [0.5, 0.6) is 5.75 Å². The summed E-state index contributed by atoms with van der Waals surface area (Å²) in [6, 6.07) is 12.6. The minimum Gasteiger partial charge on any atom is -0.497 e. The zero-order chi connectivity index (χ0) is 20.6. The smallest absolute Gasteiger partial charge is 0.265 e. The van der Waals surface area contributed by atoms with Crippen molar-refractivity contribution in [3.63, 3.8) is 0 Å². The second-order valence-corrected chi connectivity index (χ2v) is 9.08.